The van der Waals surface area contributed by atoms with Gasteiger partial charge in [0, 0.05) is 28.5 Å². The van der Waals surface area contributed by atoms with E-state index in [1.54, 1.807) is 12.3 Å². The van der Waals surface area contributed by atoms with Crippen molar-refractivity contribution < 1.29 is 9.18 Å². The van der Waals surface area contributed by atoms with Crippen molar-refractivity contribution in [2.75, 3.05) is 5.32 Å². The van der Waals surface area contributed by atoms with Crippen molar-refractivity contribution in [2.45, 2.75) is 6.92 Å². The van der Waals surface area contributed by atoms with Crippen molar-refractivity contribution in [3.63, 3.8) is 0 Å². The smallest absolute Gasteiger partial charge is 0.187 e. The van der Waals surface area contributed by atoms with Gasteiger partial charge in [0.2, 0.25) is 0 Å². The molecule has 20 heavy (non-hydrogen) atoms. The molecule has 0 spiro atoms. The Morgan fingerprint density at radius 2 is 1.90 bits per heavy atom. The first-order valence-electron chi connectivity index (χ1n) is 6.06. The van der Waals surface area contributed by atoms with Crippen molar-refractivity contribution in [3.05, 3.63) is 76.7 Å². The molecular formula is C16H13ClFNO. The van der Waals surface area contributed by atoms with Crippen LogP contribution in [0.5, 0.6) is 0 Å². The molecule has 2 rings (SSSR count). The molecule has 2 aromatic rings. The zero-order chi connectivity index (χ0) is 14.5. The van der Waals surface area contributed by atoms with Crippen LogP contribution in [0.1, 0.15) is 15.9 Å². The van der Waals surface area contributed by atoms with Crippen molar-refractivity contribution in [1.29, 1.82) is 0 Å². The molecule has 0 aliphatic heterocycles. The molecule has 0 aliphatic rings. The summed E-state index contributed by atoms with van der Waals surface area (Å²) < 4.78 is 12.8. The molecular weight excluding hydrogens is 277 g/mol. The van der Waals surface area contributed by atoms with Crippen molar-refractivity contribution in [1.82, 2.24) is 0 Å². The average molecular weight is 290 g/mol. The predicted octanol–water partition coefficient (Wildman–Crippen LogP) is 4.60. The summed E-state index contributed by atoms with van der Waals surface area (Å²) in [6.45, 7) is 1.89. The van der Waals surface area contributed by atoms with E-state index in [0.29, 0.717) is 10.6 Å². The van der Waals surface area contributed by atoms with Crippen molar-refractivity contribution in [3.8, 4) is 0 Å². The first-order valence-corrected chi connectivity index (χ1v) is 6.44. The van der Waals surface area contributed by atoms with Crippen LogP contribution in [-0.2, 0) is 0 Å². The maximum atomic E-state index is 12.8. The number of halogens is 2. The standard InChI is InChI=1S/C16H13ClFNO/c1-11-14(17)3-2-4-15(11)19-10-9-16(20)12-5-7-13(18)8-6-12/h2-10,19H,1H3. The van der Waals surface area contributed by atoms with E-state index in [1.807, 2.05) is 19.1 Å². The first-order chi connectivity index (χ1) is 9.58. The number of rotatable bonds is 4. The molecule has 1 N–H and O–H groups in total. The molecule has 2 nitrogen and oxygen atoms in total. The predicted molar refractivity (Wildman–Crippen MR) is 79.7 cm³/mol. The lowest BCUT2D eigenvalue weighted by Gasteiger charge is -2.06. The van der Waals surface area contributed by atoms with E-state index in [9.17, 15) is 9.18 Å². The number of hydrogen-bond acceptors (Lipinski definition) is 2. The SMILES string of the molecule is Cc1c(Cl)cccc1NC=CC(=O)c1ccc(F)cc1. The minimum absolute atomic E-state index is 0.197. The highest BCUT2D eigenvalue weighted by Crippen LogP contribution is 2.22. The summed E-state index contributed by atoms with van der Waals surface area (Å²) in [6.07, 6.45) is 2.94. The van der Waals surface area contributed by atoms with Gasteiger partial charge in [0.15, 0.2) is 5.78 Å². The van der Waals surface area contributed by atoms with E-state index in [1.165, 1.54) is 30.3 Å². The first kappa shape index (κ1) is 14.3. The largest absolute Gasteiger partial charge is 0.361 e. The third-order valence-corrected chi connectivity index (χ3v) is 3.28. The fourth-order valence-electron chi connectivity index (χ4n) is 1.68. The number of hydrogen-bond donors (Lipinski definition) is 1. The van der Waals surface area contributed by atoms with E-state index in [0.717, 1.165) is 11.3 Å². The number of ketones is 1. The zero-order valence-corrected chi connectivity index (χ0v) is 11.6. The van der Waals surface area contributed by atoms with Gasteiger partial charge >= 0.3 is 0 Å². The van der Waals surface area contributed by atoms with E-state index in [-0.39, 0.29) is 11.6 Å². The Hall–Kier alpha value is -2.13. The van der Waals surface area contributed by atoms with Gasteiger partial charge in [0.1, 0.15) is 5.82 Å². The second kappa shape index (κ2) is 6.35. The molecule has 0 saturated heterocycles. The summed E-state index contributed by atoms with van der Waals surface area (Å²) in [5.41, 5.74) is 2.18. The summed E-state index contributed by atoms with van der Waals surface area (Å²) in [4.78, 5) is 11.8. The zero-order valence-electron chi connectivity index (χ0n) is 10.9. The maximum absolute atomic E-state index is 12.8. The topological polar surface area (TPSA) is 29.1 Å². The van der Waals surface area contributed by atoms with Gasteiger partial charge in [-0.3, -0.25) is 4.79 Å². The Balaban J connectivity index is 2.05. The van der Waals surface area contributed by atoms with Gasteiger partial charge < -0.3 is 5.32 Å². The Labute approximate surface area is 121 Å². The summed E-state index contributed by atoms with van der Waals surface area (Å²) >= 11 is 6.00. The highest BCUT2D eigenvalue weighted by Gasteiger charge is 2.02. The monoisotopic (exact) mass is 289 g/mol. The molecule has 0 saturated carbocycles. The van der Waals surface area contributed by atoms with Crippen LogP contribution < -0.4 is 5.32 Å². The van der Waals surface area contributed by atoms with Gasteiger partial charge in [-0.15, -0.1) is 0 Å². The Morgan fingerprint density at radius 3 is 2.60 bits per heavy atom. The fraction of sp³-hybridized carbons (Fsp3) is 0.0625. The Morgan fingerprint density at radius 1 is 1.20 bits per heavy atom. The summed E-state index contributed by atoms with van der Waals surface area (Å²) in [5, 5.41) is 3.67. The molecule has 0 amide bonds. The van der Waals surface area contributed by atoms with Gasteiger partial charge in [0.25, 0.3) is 0 Å². The van der Waals surface area contributed by atoms with Crippen molar-refractivity contribution >= 4 is 23.1 Å². The molecule has 0 fully saturated rings. The minimum Gasteiger partial charge on any atom is -0.361 e. The molecule has 0 aliphatic carbocycles. The van der Waals surface area contributed by atoms with E-state index >= 15 is 0 Å². The molecule has 0 unspecified atom stereocenters. The summed E-state index contributed by atoms with van der Waals surface area (Å²) in [5.74, 6) is -0.560. The Kier molecular flexibility index (Phi) is 4.53. The molecule has 0 heterocycles. The lowest BCUT2D eigenvalue weighted by Crippen LogP contribution is -1.97. The second-order valence-corrected chi connectivity index (χ2v) is 4.67. The number of carbonyl (C=O) groups excluding carboxylic acids is 1. The van der Waals surface area contributed by atoms with Gasteiger partial charge in [0.05, 0.1) is 0 Å². The highest BCUT2D eigenvalue weighted by atomic mass is 35.5. The van der Waals surface area contributed by atoms with Gasteiger partial charge in [-0.05, 0) is 48.9 Å². The lowest BCUT2D eigenvalue weighted by molar-refractivity contribution is 0.104. The fourth-order valence-corrected chi connectivity index (χ4v) is 1.86. The normalized spacial score (nSPS) is 10.8. The molecule has 0 aromatic heterocycles. The van der Waals surface area contributed by atoms with Gasteiger partial charge in [-0.1, -0.05) is 17.7 Å². The van der Waals surface area contributed by atoms with Gasteiger partial charge in [-0.2, -0.15) is 0 Å². The molecule has 2 aromatic carbocycles. The van der Waals surface area contributed by atoms with Crippen LogP contribution >= 0.6 is 11.6 Å². The number of nitrogens with one attached hydrogen (secondary N) is 1. The highest BCUT2D eigenvalue weighted by molar-refractivity contribution is 6.31. The maximum Gasteiger partial charge on any atom is 0.187 e. The van der Waals surface area contributed by atoms with E-state index in [2.05, 4.69) is 5.32 Å². The number of benzene rings is 2. The summed E-state index contributed by atoms with van der Waals surface area (Å²) in [7, 11) is 0. The summed E-state index contributed by atoms with van der Waals surface area (Å²) in [6, 6.07) is 10.9. The Bertz CT molecular complexity index is 650. The van der Waals surface area contributed by atoms with Gasteiger partial charge in [-0.25, -0.2) is 4.39 Å². The molecule has 0 bridgehead atoms. The third-order valence-electron chi connectivity index (χ3n) is 2.87. The average Bonchev–Trinajstić information content (AvgIpc) is 2.44. The number of anilines is 1. The molecule has 0 atom stereocenters. The van der Waals surface area contributed by atoms with Crippen LogP contribution in [0.3, 0.4) is 0 Å². The lowest BCUT2D eigenvalue weighted by atomic mass is 10.1. The van der Waals surface area contributed by atoms with Crippen LogP contribution in [-0.4, -0.2) is 5.78 Å². The van der Waals surface area contributed by atoms with Crippen molar-refractivity contribution in [2.24, 2.45) is 0 Å². The van der Waals surface area contributed by atoms with E-state index in [4.69, 9.17) is 11.6 Å². The molecule has 0 radical (unpaired) electrons. The van der Waals surface area contributed by atoms with Crippen LogP contribution in [0.4, 0.5) is 10.1 Å². The minimum atomic E-state index is -0.363. The van der Waals surface area contributed by atoms with E-state index < -0.39 is 0 Å². The van der Waals surface area contributed by atoms with Crippen LogP contribution in [0.2, 0.25) is 5.02 Å². The number of carbonyl (C=O) groups is 1. The molecule has 4 heteroatoms. The number of allylic oxidation sites excluding steroid dienone is 1. The second-order valence-electron chi connectivity index (χ2n) is 4.26. The van der Waals surface area contributed by atoms with Crippen LogP contribution in [0, 0.1) is 12.7 Å². The van der Waals surface area contributed by atoms with Crippen LogP contribution in [0.25, 0.3) is 0 Å². The third kappa shape index (κ3) is 3.45. The van der Waals surface area contributed by atoms with Crippen LogP contribution in [0.15, 0.2) is 54.7 Å². The quantitative estimate of drug-likeness (QED) is 0.658. The molecule has 102 valence electrons.